The fourth-order valence-electron chi connectivity index (χ4n) is 5.00. The van der Waals surface area contributed by atoms with Gasteiger partial charge in [-0.05, 0) is 50.1 Å². The first kappa shape index (κ1) is 24.5. The van der Waals surface area contributed by atoms with Crippen molar-refractivity contribution in [3.63, 3.8) is 0 Å². The van der Waals surface area contributed by atoms with E-state index in [1.165, 1.54) is 22.7 Å². The van der Waals surface area contributed by atoms with Crippen molar-refractivity contribution in [2.45, 2.75) is 20.8 Å². The van der Waals surface area contributed by atoms with Gasteiger partial charge in [-0.1, -0.05) is 30.3 Å². The number of amides is 1. The number of hydrogen-bond donors (Lipinski definition) is 0. The van der Waals surface area contributed by atoms with Crippen LogP contribution in [-0.2, 0) is 14.1 Å². The second-order valence-electron chi connectivity index (χ2n) is 9.79. The third-order valence-corrected chi connectivity index (χ3v) is 7.56. The Bertz CT molecular complexity index is 1660. The summed E-state index contributed by atoms with van der Waals surface area (Å²) in [7, 11) is 3.16. The van der Waals surface area contributed by atoms with Crippen LogP contribution in [0.3, 0.4) is 0 Å². The van der Waals surface area contributed by atoms with E-state index in [0.29, 0.717) is 43.1 Å². The lowest BCUT2D eigenvalue weighted by Crippen LogP contribution is -2.52. The van der Waals surface area contributed by atoms with E-state index in [2.05, 4.69) is 26.0 Å². The van der Waals surface area contributed by atoms with Crippen molar-refractivity contribution in [1.82, 2.24) is 19.0 Å². The number of fused-ring (bicyclic) bond motifs is 1. The zero-order valence-electron chi connectivity index (χ0n) is 21.9. The van der Waals surface area contributed by atoms with Crippen molar-refractivity contribution < 1.29 is 4.79 Å². The number of carbonyl (C=O) groups excluding carboxylic acids is 1. The van der Waals surface area contributed by atoms with E-state index in [9.17, 15) is 14.4 Å². The molecule has 3 heterocycles. The molecule has 8 heteroatoms. The van der Waals surface area contributed by atoms with E-state index < -0.39 is 0 Å². The Labute approximate surface area is 215 Å². The Balaban J connectivity index is 1.46. The van der Waals surface area contributed by atoms with Crippen LogP contribution in [0.25, 0.3) is 22.2 Å². The van der Waals surface area contributed by atoms with Crippen LogP contribution in [0.1, 0.15) is 27.2 Å². The molecule has 0 saturated carbocycles. The molecule has 8 nitrogen and oxygen atoms in total. The maximum atomic E-state index is 13.8. The van der Waals surface area contributed by atoms with E-state index in [-0.39, 0.29) is 17.2 Å². The molecular formula is C29H31N5O3. The van der Waals surface area contributed by atoms with Crippen molar-refractivity contribution in [2.24, 2.45) is 14.1 Å². The number of anilines is 1. The number of piperazine rings is 1. The molecule has 1 aliphatic heterocycles. The van der Waals surface area contributed by atoms with E-state index in [4.69, 9.17) is 4.98 Å². The average molecular weight is 498 g/mol. The number of carbonyl (C=O) groups is 1. The standard InChI is InChI=1S/C29H31N5O3/c1-18-10-11-21(16-19(18)2)25-17-23(22-8-6-7-9-24(22)30-25)27(35)34-14-12-33(13-15-34)26-20(3)31(4)29(37)32(5)28(26)36/h6-11,16-17H,12-15H2,1-5H3. The van der Waals surface area contributed by atoms with Crippen molar-refractivity contribution >= 4 is 22.5 Å². The number of benzene rings is 2. The van der Waals surface area contributed by atoms with E-state index in [1.54, 1.807) is 14.0 Å². The highest BCUT2D eigenvalue weighted by Gasteiger charge is 2.27. The quantitative estimate of drug-likeness (QED) is 0.434. The smallest absolute Gasteiger partial charge is 0.330 e. The molecule has 37 heavy (non-hydrogen) atoms. The van der Waals surface area contributed by atoms with Crippen LogP contribution in [0.5, 0.6) is 0 Å². The molecule has 0 N–H and O–H groups in total. The second kappa shape index (κ2) is 9.35. The Morgan fingerprint density at radius 3 is 2.24 bits per heavy atom. The number of aromatic nitrogens is 3. The lowest BCUT2D eigenvalue weighted by atomic mass is 10.00. The van der Waals surface area contributed by atoms with Gasteiger partial charge in [0.25, 0.3) is 11.5 Å². The first-order valence-corrected chi connectivity index (χ1v) is 12.5. The molecule has 1 aliphatic rings. The van der Waals surface area contributed by atoms with Gasteiger partial charge in [0.1, 0.15) is 5.69 Å². The van der Waals surface area contributed by atoms with Gasteiger partial charge in [-0.2, -0.15) is 0 Å². The number of aryl methyl sites for hydroxylation is 2. The third-order valence-electron chi connectivity index (χ3n) is 7.56. The molecule has 0 spiro atoms. The summed E-state index contributed by atoms with van der Waals surface area (Å²) in [5, 5.41) is 0.824. The van der Waals surface area contributed by atoms with Gasteiger partial charge < -0.3 is 9.80 Å². The third kappa shape index (κ3) is 4.22. The maximum Gasteiger partial charge on any atom is 0.330 e. The van der Waals surface area contributed by atoms with Gasteiger partial charge in [0.05, 0.1) is 16.8 Å². The average Bonchev–Trinajstić information content (AvgIpc) is 2.92. The van der Waals surface area contributed by atoms with Gasteiger partial charge in [-0.15, -0.1) is 0 Å². The summed E-state index contributed by atoms with van der Waals surface area (Å²) < 4.78 is 2.63. The summed E-state index contributed by atoms with van der Waals surface area (Å²) in [6.07, 6.45) is 0. The normalized spacial score (nSPS) is 13.9. The molecule has 0 radical (unpaired) electrons. The number of pyridine rings is 1. The zero-order valence-corrected chi connectivity index (χ0v) is 21.9. The van der Waals surface area contributed by atoms with E-state index >= 15 is 0 Å². The molecule has 190 valence electrons. The van der Waals surface area contributed by atoms with Crippen LogP contribution < -0.4 is 16.1 Å². The molecule has 1 saturated heterocycles. The molecule has 0 aliphatic carbocycles. The lowest BCUT2D eigenvalue weighted by molar-refractivity contribution is 0.0748. The van der Waals surface area contributed by atoms with Crippen LogP contribution in [0, 0.1) is 20.8 Å². The van der Waals surface area contributed by atoms with Gasteiger partial charge >= 0.3 is 5.69 Å². The summed E-state index contributed by atoms with van der Waals surface area (Å²) >= 11 is 0. The SMILES string of the molecule is Cc1ccc(-c2cc(C(=O)N3CCN(c4c(C)n(C)c(=O)n(C)c4=O)CC3)c3ccccc3n2)cc1C. The van der Waals surface area contributed by atoms with Gasteiger partial charge in [-0.3, -0.25) is 18.7 Å². The molecule has 0 bridgehead atoms. The first-order valence-electron chi connectivity index (χ1n) is 12.5. The molecule has 5 rings (SSSR count). The topological polar surface area (TPSA) is 80.4 Å². The van der Waals surface area contributed by atoms with Gasteiger partial charge in [0.15, 0.2) is 0 Å². The zero-order chi connectivity index (χ0) is 26.4. The summed E-state index contributed by atoms with van der Waals surface area (Å²) in [5.41, 5.74) is 6.04. The van der Waals surface area contributed by atoms with Crippen LogP contribution in [0.4, 0.5) is 5.69 Å². The molecule has 2 aromatic heterocycles. The second-order valence-corrected chi connectivity index (χ2v) is 9.79. The monoisotopic (exact) mass is 497 g/mol. The highest BCUT2D eigenvalue weighted by Crippen LogP contribution is 2.28. The Morgan fingerprint density at radius 1 is 0.838 bits per heavy atom. The van der Waals surface area contributed by atoms with Crippen LogP contribution in [0.2, 0.25) is 0 Å². The minimum Gasteiger partial charge on any atom is -0.362 e. The largest absolute Gasteiger partial charge is 0.362 e. The molecule has 1 amide bonds. The van der Waals surface area contributed by atoms with Crippen LogP contribution >= 0.6 is 0 Å². The fraction of sp³-hybridized carbons (Fsp3) is 0.310. The minimum absolute atomic E-state index is 0.0478. The lowest BCUT2D eigenvalue weighted by Gasteiger charge is -2.36. The fourth-order valence-corrected chi connectivity index (χ4v) is 5.00. The van der Waals surface area contributed by atoms with Crippen molar-refractivity contribution in [3.8, 4) is 11.3 Å². The summed E-state index contributed by atoms with van der Waals surface area (Å²) in [5.74, 6) is -0.0478. The molecule has 2 aromatic carbocycles. The molecule has 0 atom stereocenters. The first-order chi connectivity index (χ1) is 17.7. The van der Waals surface area contributed by atoms with Crippen LogP contribution in [0.15, 0.2) is 58.1 Å². The number of rotatable bonds is 3. The Kier molecular flexibility index (Phi) is 6.19. The maximum absolute atomic E-state index is 13.8. The summed E-state index contributed by atoms with van der Waals surface area (Å²) in [4.78, 5) is 47.6. The highest BCUT2D eigenvalue weighted by molar-refractivity contribution is 6.07. The van der Waals surface area contributed by atoms with E-state index in [0.717, 1.165) is 26.7 Å². The molecule has 4 aromatic rings. The van der Waals surface area contributed by atoms with Gasteiger partial charge in [0.2, 0.25) is 0 Å². The molecular weight excluding hydrogens is 466 g/mol. The van der Waals surface area contributed by atoms with Gasteiger partial charge in [-0.25, -0.2) is 9.78 Å². The molecule has 1 fully saturated rings. The minimum atomic E-state index is -0.343. The van der Waals surface area contributed by atoms with Crippen LogP contribution in [-0.4, -0.2) is 51.1 Å². The number of para-hydroxylation sites is 1. The summed E-state index contributed by atoms with van der Waals surface area (Å²) in [6.45, 7) is 7.89. The molecule has 0 unspecified atom stereocenters. The predicted molar refractivity (Wildman–Crippen MR) is 146 cm³/mol. The van der Waals surface area contributed by atoms with E-state index in [1.807, 2.05) is 46.2 Å². The Morgan fingerprint density at radius 2 is 1.54 bits per heavy atom. The summed E-state index contributed by atoms with van der Waals surface area (Å²) in [6, 6.07) is 15.9. The van der Waals surface area contributed by atoms with Crippen molar-refractivity contribution in [2.75, 3.05) is 31.1 Å². The predicted octanol–water partition coefficient (Wildman–Crippen LogP) is 3.19. The Hall–Kier alpha value is -4.20. The number of nitrogens with zero attached hydrogens (tertiary/aromatic N) is 5. The highest BCUT2D eigenvalue weighted by atomic mass is 16.2. The number of hydrogen-bond acceptors (Lipinski definition) is 5. The van der Waals surface area contributed by atoms with Crippen molar-refractivity contribution in [3.05, 3.63) is 91.8 Å². The van der Waals surface area contributed by atoms with Gasteiger partial charge in [0, 0.05) is 56.9 Å². The van der Waals surface area contributed by atoms with Crippen molar-refractivity contribution in [1.29, 1.82) is 0 Å².